The average Bonchev–Trinajstić information content (AvgIpc) is 2.79. The van der Waals surface area contributed by atoms with E-state index in [0.29, 0.717) is 56.6 Å². The third kappa shape index (κ3) is 6.65. The molecule has 0 atom stereocenters. The SMILES string of the molecule is CCOc1cc(C(=O)NCCS(=O)(=O)N2CCOCC2)ccc1OCc1cccnc1. The zero-order valence-electron chi connectivity index (χ0n) is 17.5. The maximum Gasteiger partial charge on any atom is 0.251 e. The Labute approximate surface area is 182 Å². The second-order valence-electron chi connectivity index (χ2n) is 6.83. The van der Waals surface area contributed by atoms with E-state index in [9.17, 15) is 13.2 Å². The minimum Gasteiger partial charge on any atom is -0.490 e. The van der Waals surface area contributed by atoms with Crippen molar-refractivity contribution in [2.45, 2.75) is 13.5 Å². The highest BCUT2D eigenvalue weighted by molar-refractivity contribution is 7.89. The summed E-state index contributed by atoms with van der Waals surface area (Å²) >= 11 is 0. The van der Waals surface area contributed by atoms with Gasteiger partial charge in [0.1, 0.15) is 6.61 Å². The first-order valence-corrected chi connectivity index (χ1v) is 11.7. The molecule has 1 aromatic carbocycles. The van der Waals surface area contributed by atoms with Gasteiger partial charge in [0.05, 0.1) is 25.6 Å². The van der Waals surface area contributed by atoms with Crippen LogP contribution in [0.5, 0.6) is 11.5 Å². The van der Waals surface area contributed by atoms with Crippen LogP contribution in [0.1, 0.15) is 22.8 Å². The van der Waals surface area contributed by atoms with Crippen LogP contribution in [0.4, 0.5) is 0 Å². The standard InChI is InChI=1S/C21H27N3O6S/c1-2-29-20-14-18(5-6-19(20)30-16-17-4-3-7-22-15-17)21(25)23-8-13-31(26,27)24-9-11-28-12-10-24/h3-7,14-15H,2,8-13,16H2,1H3,(H,23,25). The van der Waals surface area contributed by atoms with Gasteiger partial charge in [0.15, 0.2) is 11.5 Å². The smallest absolute Gasteiger partial charge is 0.251 e. The predicted molar refractivity (Wildman–Crippen MR) is 115 cm³/mol. The number of amides is 1. The highest BCUT2D eigenvalue weighted by atomic mass is 32.2. The molecule has 3 rings (SSSR count). The van der Waals surface area contributed by atoms with Crippen molar-refractivity contribution < 1.29 is 27.4 Å². The van der Waals surface area contributed by atoms with Crippen LogP contribution in [0.3, 0.4) is 0 Å². The number of carbonyl (C=O) groups excluding carboxylic acids is 1. The zero-order valence-corrected chi connectivity index (χ0v) is 18.3. The lowest BCUT2D eigenvalue weighted by atomic mass is 10.2. The molecule has 0 saturated carbocycles. The van der Waals surface area contributed by atoms with E-state index in [1.165, 1.54) is 4.31 Å². The molecule has 1 N–H and O–H groups in total. The van der Waals surface area contributed by atoms with Crippen LogP contribution in [0.2, 0.25) is 0 Å². The largest absolute Gasteiger partial charge is 0.490 e. The summed E-state index contributed by atoms with van der Waals surface area (Å²) in [5.74, 6) is 0.415. The van der Waals surface area contributed by atoms with E-state index in [1.807, 2.05) is 19.1 Å². The topological polar surface area (TPSA) is 107 Å². The van der Waals surface area contributed by atoms with Crippen LogP contribution in [0.15, 0.2) is 42.7 Å². The summed E-state index contributed by atoms with van der Waals surface area (Å²) in [5.41, 5.74) is 1.27. The molecule has 0 spiro atoms. The van der Waals surface area contributed by atoms with E-state index in [-0.39, 0.29) is 18.2 Å². The summed E-state index contributed by atoms with van der Waals surface area (Å²) in [6.45, 7) is 4.05. The summed E-state index contributed by atoms with van der Waals surface area (Å²) < 4.78 is 42.7. The number of hydrogen-bond acceptors (Lipinski definition) is 7. The average molecular weight is 450 g/mol. The van der Waals surface area contributed by atoms with Crippen molar-refractivity contribution in [2.24, 2.45) is 0 Å². The number of benzene rings is 1. The molecule has 0 aliphatic carbocycles. The molecule has 10 heteroatoms. The Morgan fingerprint density at radius 3 is 2.71 bits per heavy atom. The van der Waals surface area contributed by atoms with Crippen LogP contribution in [-0.4, -0.2) is 68.8 Å². The highest BCUT2D eigenvalue weighted by Crippen LogP contribution is 2.29. The Hall–Kier alpha value is -2.69. The summed E-state index contributed by atoms with van der Waals surface area (Å²) in [5, 5.41) is 2.66. The Morgan fingerprint density at radius 2 is 2.00 bits per heavy atom. The second kappa shape index (κ2) is 11.1. The van der Waals surface area contributed by atoms with Crippen LogP contribution in [0.25, 0.3) is 0 Å². The number of ether oxygens (including phenoxy) is 3. The summed E-state index contributed by atoms with van der Waals surface area (Å²) in [4.78, 5) is 16.6. The van der Waals surface area contributed by atoms with E-state index in [1.54, 1.807) is 30.6 Å². The fourth-order valence-electron chi connectivity index (χ4n) is 3.03. The Balaban J connectivity index is 1.58. The number of hydrogen-bond donors (Lipinski definition) is 1. The molecule has 168 valence electrons. The van der Waals surface area contributed by atoms with Gasteiger partial charge >= 0.3 is 0 Å². The van der Waals surface area contributed by atoms with Gasteiger partial charge in [0.25, 0.3) is 5.91 Å². The Morgan fingerprint density at radius 1 is 1.19 bits per heavy atom. The van der Waals surface area contributed by atoms with E-state index >= 15 is 0 Å². The van der Waals surface area contributed by atoms with Crippen LogP contribution in [0, 0.1) is 0 Å². The number of morpholine rings is 1. The number of nitrogens with zero attached hydrogens (tertiary/aromatic N) is 2. The van der Waals surface area contributed by atoms with Gasteiger partial charge in [-0.15, -0.1) is 0 Å². The van der Waals surface area contributed by atoms with Crippen LogP contribution < -0.4 is 14.8 Å². The monoisotopic (exact) mass is 449 g/mol. The molecular formula is C21H27N3O6S. The number of sulfonamides is 1. The quantitative estimate of drug-likeness (QED) is 0.585. The lowest BCUT2D eigenvalue weighted by Crippen LogP contribution is -2.43. The van der Waals surface area contributed by atoms with E-state index in [4.69, 9.17) is 14.2 Å². The summed E-state index contributed by atoms with van der Waals surface area (Å²) in [6, 6.07) is 8.61. The van der Waals surface area contributed by atoms with Crippen LogP contribution in [-0.2, 0) is 21.4 Å². The summed E-state index contributed by atoms with van der Waals surface area (Å²) in [6.07, 6.45) is 3.40. The molecule has 1 aliphatic heterocycles. The minimum absolute atomic E-state index is 0.0156. The van der Waals surface area contributed by atoms with Gasteiger partial charge in [0, 0.05) is 43.2 Å². The maximum absolute atomic E-state index is 12.5. The Bertz CT molecular complexity index is 962. The van der Waals surface area contributed by atoms with E-state index < -0.39 is 10.0 Å². The third-order valence-electron chi connectivity index (χ3n) is 4.63. The molecule has 0 unspecified atom stereocenters. The van der Waals surface area contributed by atoms with Crippen molar-refractivity contribution in [1.29, 1.82) is 0 Å². The number of nitrogens with one attached hydrogen (secondary N) is 1. The fourth-order valence-corrected chi connectivity index (χ4v) is 4.35. The van der Waals surface area contributed by atoms with Gasteiger partial charge in [0.2, 0.25) is 10.0 Å². The number of pyridine rings is 1. The molecule has 0 bridgehead atoms. The number of rotatable bonds is 10. The van der Waals surface area contributed by atoms with E-state index in [2.05, 4.69) is 10.3 Å². The number of aromatic nitrogens is 1. The lowest BCUT2D eigenvalue weighted by Gasteiger charge is -2.26. The van der Waals surface area contributed by atoms with Crippen molar-refractivity contribution in [3.63, 3.8) is 0 Å². The normalized spacial score (nSPS) is 14.7. The van der Waals surface area contributed by atoms with Crippen molar-refractivity contribution >= 4 is 15.9 Å². The molecule has 1 amide bonds. The van der Waals surface area contributed by atoms with Gasteiger partial charge in [-0.05, 0) is 31.2 Å². The molecule has 0 radical (unpaired) electrons. The molecular weight excluding hydrogens is 422 g/mol. The predicted octanol–water partition coefficient (Wildman–Crippen LogP) is 1.45. The molecule has 2 aromatic rings. The van der Waals surface area contributed by atoms with Gasteiger partial charge in [-0.3, -0.25) is 9.78 Å². The molecule has 1 fully saturated rings. The third-order valence-corrected chi connectivity index (χ3v) is 6.50. The first-order valence-electron chi connectivity index (χ1n) is 10.1. The molecule has 1 saturated heterocycles. The maximum atomic E-state index is 12.5. The van der Waals surface area contributed by atoms with Crippen molar-refractivity contribution in [3.8, 4) is 11.5 Å². The first kappa shape index (κ1) is 23.0. The Kier molecular flexibility index (Phi) is 8.21. The molecule has 1 aliphatic rings. The molecule has 2 heterocycles. The van der Waals surface area contributed by atoms with Gasteiger partial charge in [-0.1, -0.05) is 6.07 Å². The lowest BCUT2D eigenvalue weighted by molar-refractivity contribution is 0.0730. The van der Waals surface area contributed by atoms with Crippen molar-refractivity contribution in [1.82, 2.24) is 14.6 Å². The molecule has 31 heavy (non-hydrogen) atoms. The van der Waals surface area contributed by atoms with Gasteiger partial charge in [-0.25, -0.2) is 8.42 Å². The minimum atomic E-state index is -3.43. The van der Waals surface area contributed by atoms with Crippen LogP contribution >= 0.6 is 0 Å². The second-order valence-corrected chi connectivity index (χ2v) is 8.92. The van der Waals surface area contributed by atoms with Gasteiger partial charge in [-0.2, -0.15) is 4.31 Å². The van der Waals surface area contributed by atoms with E-state index in [0.717, 1.165) is 5.56 Å². The number of carbonyl (C=O) groups is 1. The van der Waals surface area contributed by atoms with Crippen molar-refractivity contribution in [3.05, 3.63) is 53.9 Å². The fraction of sp³-hybridized carbons (Fsp3) is 0.429. The highest BCUT2D eigenvalue weighted by Gasteiger charge is 2.24. The summed E-state index contributed by atoms with van der Waals surface area (Å²) in [7, 11) is -3.43. The molecule has 1 aromatic heterocycles. The zero-order chi connectivity index (χ0) is 22.1. The first-order chi connectivity index (χ1) is 15.0. The molecule has 9 nitrogen and oxygen atoms in total. The van der Waals surface area contributed by atoms with Gasteiger partial charge < -0.3 is 19.5 Å². The van der Waals surface area contributed by atoms with Crippen molar-refractivity contribution in [2.75, 3.05) is 45.2 Å².